The average molecular weight is 312 g/mol. The van der Waals surface area contributed by atoms with E-state index in [0.717, 1.165) is 23.7 Å². The lowest BCUT2D eigenvalue weighted by molar-refractivity contribution is -0.0275. The fraction of sp³-hybridized carbons (Fsp3) is 0.727. The van der Waals surface area contributed by atoms with Gasteiger partial charge >= 0.3 is 0 Å². The molecule has 0 N–H and O–H groups in total. The molecule has 4 aliphatic rings. The lowest BCUT2D eigenvalue weighted by Crippen LogP contribution is -2.49. The van der Waals surface area contributed by atoms with Crippen LogP contribution in [-0.4, -0.2) is 13.2 Å². The second kappa shape index (κ2) is 5.34. The summed E-state index contributed by atoms with van der Waals surface area (Å²) in [6.45, 7) is 9.21. The molecule has 0 spiro atoms. The molecule has 0 saturated heterocycles. The molecule has 3 saturated carbocycles. The van der Waals surface area contributed by atoms with E-state index in [1.807, 2.05) is 7.11 Å². The first-order valence-electron chi connectivity index (χ1n) is 9.59. The monoisotopic (exact) mass is 312 g/mol. The molecule has 0 aromatic carbocycles. The molecule has 0 amide bonds. The smallest absolute Gasteiger partial charge is 0.0936 e. The number of fused-ring (bicyclic) bond motifs is 5. The van der Waals surface area contributed by atoms with Crippen LogP contribution in [-0.2, 0) is 4.74 Å². The summed E-state index contributed by atoms with van der Waals surface area (Å²) < 4.78 is 5.56. The van der Waals surface area contributed by atoms with Gasteiger partial charge in [-0.1, -0.05) is 43.7 Å². The summed E-state index contributed by atoms with van der Waals surface area (Å²) >= 11 is 0. The zero-order chi connectivity index (χ0) is 16.2. The van der Waals surface area contributed by atoms with Crippen molar-refractivity contribution in [1.29, 1.82) is 0 Å². The molecule has 0 aliphatic heterocycles. The summed E-state index contributed by atoms with van der Waals surface area (Å²) in [5.41, 5.74) is 2.45. The Kier molecular flexibility index (Phi) is 3.65. The fourth-order valence-corrected chi connectivity index (χ4v) is 6.88. The number of hydrogen-bond acceptors (Lipinski definition) is 1. The van der Waals surface area contributed by atoms with Gasteiger partial charge in [-0.3, -0.25) is 0 Å². The Balaban J connectivity index is 1.65. The predicted molar refractivity (Wildman–Crippen MR) is 96.1 cm³/mol. The van der Waals surface area contributed by atoms with E-state index in [-0.39, 0.29) is 11.5 Å². The highest BCUT2D eigenvalue weighted by atomic mass is 16.5. The van der Waals surface area contributed by atoms with E-state index in [4.69, 9.17) is 4.74 Å². The van der Waals surface area contributed by atoms with Gasteiger partial charge in [0, 0.05) is 12.5 Å². The SMILES string of the molecule is C=CC1CCC2C3CCC4=CC(OC)C=CC4(C)C3CCC12C. The van der Waals surface area contributed by atoms with Gasteiger partial charge < -0.3 is 4.74 Å². The first kappa shape index (κ1) is 15.7. The minimum absolute atomic E-state index is 0.195. The Morgan fingerprint density at radius 2 is 2.00 bits per heavy atom. The van der Waals surface area contributed by atoms with Gasteiger partial charge in [0.05, 0.1) is 6.10 Å². The van der Waals surface area contributed by atoms with E-state index < -0.39 is 0 Å². The molecule has 1 nitrogen and oxygen atoms in total. The first-order valence-corrected chi connectivity index (χ1v) is 9.59. The molecule has 0 bridgehead atoms. The van der Waals surface area contributed by atoms with Crippen LogP contribution in [0.4, 0.5) is 0 Å². The normalized spacial score (nSPS) is 51.4. The highest BCUT2D eigenvalue weighted by Gasteiger charge is 2.57. The van der Waals surface area contributed by atoms with Crippen molar-refractivity contribution in [3.05, 3.63) is 36.5 Å². The van der Waals surface area contributed by atoms with Crippen molar-refractivity contribution in [2.45, 2.75) is 58.5 Å². The van der Waals surface area contributed by atoms with Crippen LogP contribution in [0.5, 0.6) is 0 Å². The Bertz CT molecular complexity index is 558. The van der Waals surface area contributed by atoms with Crippen molar-refractivity contribution >= 4 is 0 Å². The minimum atomic E-state index is 0.195. The molecule has 126 valence electrons. The summed E-state index contributed by atoms with van der Waals surface area (Å²) in [6.07, 6.45) is 17.9. The molecule has 0 aromatic rings. The van der Waals surface area contributed by atoms with Crippen molar-refractivity contribution in [1.82, 2.24) is 0 Å². The number of ether oxygens (including phenoxy) is 1. The minimum Gasteiger partial charge on any atom is -0.373 e. The van der Waals surface area contributed by atoms with Crippen molar-refractivity contribution in [3.8, 4) is 0 Å². The summed E-state index contributed by atoms with van der Waals surface area (Å²) in [5, 5.41) is 0. The standard InChI is InChI=1S/C22H32O/c1-5-15-7-9-19-18-8-6-16-14-17(23-4)10-12-22(16,3)20(18)11-13-21(15,19)2/h5,10,12,14-15,17-20H,1,6-9,11,13H2,2-4H3. The Morgan fingerprint density at radius 3 is 2.74 bits per heavy atom. The molecule has 7 atom stereocenters. The van der Waals surface area contributed by atoms with Crippen LogP contribution in [0.2, 0.25) is 0 Å². The molecule has 7 unspecified atom stereocenters. The lowest BCUT2D eigenvalue weighted by atomic mass is 9.48. The molecule has 23 heavy (non-hydrogen) atoms. The van der Waals surface area contributed by atoms with E-state index in [0.29, 0.717) is 5.41 Å². The van der Waals surface area contributed by atoms with Crippen LogP contribution in [0.3, 0.4) is 0 Å². The Morgan fingerprint density at radius 1 is 1.17 bits per heavy atom. The largest absolute Gasteiger partial charge is 0.373 e. The van der Waals surface area contributed by atoms with Crippen LogP contribution in [0.15, 0.2) is 36.5 Å². The van der Waals surface area contributed by atoms with Gasteiger partial charge in [0.15, 0.2) is 0 Å². The lowest BCUT2D eigenvalue weighted by Gasteiger charge is -2.57. The van der Waals surface area contributed by atoms with Gasteiger partial charge in [-0.05, 0) is 67.6 Å². The molecule has 3 fully saturated rings. The van der Waals surface area contributed by atoms with E-state index in [1.54, 1.807) is 5.57 Å². The van der Waals surface area contributed by atoms with E-state index >= 15 is 0 Å². The predicted octanol–water partition coefficient (Wildman–Crippen LogP) is 5.54. The zero-order valence-electron chi connectivity index (χ0n) is 15.1. The van der Waals surface area contributed by atoms with Gasteiger partial charge in [0.1, 0.15) is 0 Å². The Hall–Kier alpha value is -0.820. The summed E-state index contributed by atoms with van der Waals surface area (Å²) in [6, 6.07) is 0. The maximum atomic E-state index is 5.56. The highest BCUT2D eigenvalue weighted by Crippen LogP contribution is 2.66. The van der Waals surface area contributed by atoms with Crippen molar-refractivity contribution in [2.75, 3.05) is 7.11 Å². The molecular formula is C22H32O. The quantitative estimate of drug-likeness (QED) is 0.608. The van der Waals surface area contributed by atoms with Gasteiger partial charge in [-0.2, -0.15) is 0 Å². The number of allylic oxidation sites excluding steroid dienone is 3. The van der Waals surface area contributed by atoms with Crippen LogP contribution in [0.25, 0.3) is 0 Å². The number of hydrogen-bond donors (Lipinski definition) is 0. The van der Waals surface area contributed by atoms with Crippen molar-refractivity contribution in [3.63, 3.8) is 0 Å². The average Bonchev–Trinajstić information content (AvgIpc) is 2.90. The first-order chi connectivity index (χ1) is 11.0. The van der Waals surface area contributed by atoms with Crippen molar-refractivity contribution < 1.29 is 4.74 Å². The molecular weight excluding hydrogens is 280 g/mol. The highest BCUT2D eigenvalue weighted by molar-refractivity contribution is 5.34. The van der Waals surface area contributed by atoms with Crippen LogP contribution < -0.4 is 0 Å². The van der Waals surface area contributed by atoms with Gasteiger partial charge in [-0.15, -0.1) is 6.58 Å². The molecule has 4 aliphatic carbocycles. The van der Waals surface area contributed by atoms with E-state index in [9.17, 15) is 0 Å². The van der Waals surface area contributed by atoms with E-state index in [1.165, 1.54) is 38.5 Å². The third kappa shape index (κ3) is 2.08. The van der Waals surface area contributed by atoms with Gasteiger partial charge in [0.2, 0.25) is 0 Å². The maximum absolute atomic E-state index is 5.56. The van der Waals surface area contributed by atoms with Crippen LogP contribution >= 0.6 is 0 Å². The van der Waals surface area contributed by atoms with Crippen molar-refractivity contribution in [2.24, 2.45) is 34.5 Å². The number of rotatable bonds is 2. The molecule has 4 rings (SSSR count). The van der Waals surface area contributed by atoms with Crippen LogP contribution in [0.1, 0.15) is 52.4 Å². The third-order valence-electron chi connectivity index (χ3n) is 8.27. The van der Waals surface area contributed by atoms with Gasteiger partial charge in [-0.25, -0.2) is 0 Å². The van der Waals surface area contributed by atoms with Gasteiger partial charge in [0.25, 0.3) is 0 Å². The molecule has 0 heterocycles. The van der Waals surface area contributed by atoms with Crippen LogP contribution in [0, 0.1) is 34.5 Å². The second-order valence-corrected chi connectivity index (χ2v) is 8.91. The zero-order valence-corrected chi connectivity index (χ0v) is 15.1. The summed E-state index contributed by atoms with van der Waals surface area (Å²) in [5.74, 6) is 3.40. The summed E-state index contributed by atoms with van der Waals surface area (Å²) in [7, 11) is 1.82. The fourth-order valence-electron chi connectivity index (χ4n) is 6.88. The maximum Gasteiger partial charge on any atom is 0.0936 e. The summed E-state index contributed by atoms with van der Waals surface area (Å²) in [4.78, 5) is 0. The van der Waals surface area contributed by atoms with E-state index in [2.05, 4.69) is 44.7 Å². The number of methoxy groups -OCH3 is 1. The molecule has 0 aromatic heterocycles. The topological polar surface area (TPSA) is 9.23 Å². The Labute approximate surface area is 141 Å². The molecule has 1 heteroatoms. The third-order valence-corrected chi connectivity index (χ3v) is 8.27. The second-order valence-electron chi connectivity index (χ2n) is 8.91. The molecule has 0 radical (unpaired) electrons.